The number of methoxy groups -OCH3 is 1. The third-order valence-electron chi connectivity index (χ3n) is 3.23. The van der Waals surface area contributed by atoms with Crippen LogP contribution in [0.3, 0.4) is 0 Å². The molecule has 1 N–H and O–H groups in total. The molecule has 8 heteroatoms. The van der Waals surface area contributed by atoms with E-state index in [9.17, 15) is 13.6 Å². The summed E-state index contributed by atoms with van der Waals surface area (Å²) in [4.78, 5) is 16.5. The van der Waals surface area contributed by atoms with Crippen LogP contribution in [0, 0.1) is 0 Å². The zero-order valence-corrected chi connectivity index (χ0v) is 13.9. The summed E-state index contributed by atoms with van der Waals surface area (Å²) >= 11 is 0. The van der Waals surface area contributed by atoms with Crippen molar-refractivity contribution in [2.45, 2.75) is 39.3 Å². The van der Waals surface area contributed by atoms with E-state index >= 15 is 0 Å². The van der Waals surface area contributed by atoms with Gasteiger partial charge >= 0.3 is 6.61 Å². The lowest BCUT2D eigenvalue weighted by atomic mass is 10.2. The Kier molecular flexibility index (Phi) is 8.53. The van der Waals surface area contributed by atoms with Gasteiger partial charge in [0.25, 0.3) is 5.91 Å². The van der Waals surface area contributed by atoms with E-state index in [1.807, 2.05) is 13.8 Å². The fraction of sp³-hybridized carbons (Fsp3) is 0.500. The molecule has 0 aliphatic carbocycles. The third-order valence-corrected chi connectivity index (χ3v) is 3.23. The Balaban J connectivity index is 2.54. The average molecular weight is 344 g/mol. The number of carbonyl (C=O) groups is 1. The molecule has 0 aliphatic heterocycles. The van der Waals surface area contributed by atoms with Crippen LogP contribution in [0.2, 0.25) is 0 Å². The minimum Gasteiger partial charge on any atom is -0.493 e. The van der Waals surface area contributed by atoms with E-state index in [0.29, 0.717) is 5.56 Å². The average Bonchev–Trinajstić information content (AvgIpc) is 2.57. The molecule has 1 amide bonds. The van der Waals surface area contributed by atoms with E-state index in [2.05, 4.69) is 15.2 Å². The number of nitrogens with zero attached hydrogens (tertiary/aromatic N) is 1. The molecular formula is C16H22F2N2O4. The van der Waals surface area contributed by atoms with Gasteiger partial charge in [-0.2, -0.15) is 8.78 Å². The van der Waals surface area contributed by atoms with Crippen molar-refractivity contribution in [1.29, 1.82) is 0 Å². The summed E-state index contributed by atoms with van der Waals surface area (Å²) in [5.41, 5.74) is 0.550. The highest BCUT2D eigenvalue weighted by Gasteiger charge is 2.11. The summed E-state index contributed by atoms with van der Waals surface area (Å²) in [6.45, 7) is 0.844. The number of halogens is 2. The SMILES string of the molecule is CCC(CC)NC(=O)CO/N=C\c1ccc(OC(F)F)c(OC)c1. The molecule has 0 aliphatic rings. The first-order valence-electron chi connectivity index (χ1n) is 7.57. The predicted molar refractivity (Wildman–Crippen MR) is 85.7 cm³/mol. The van der Waals surface area contributed by atoms with E-state index < -0.39 is 6.61 Å². The molecule has 0 heterocycles. The van der Waals surface area contributed by atoms with Gasteiger partial charge in [0.1, 0.15) is 0 Å². The summed E-state index contributed by atoms with van der Waals surface area (Å²) < 4.78 is 33.8. The molecule has 134 valence electrons. The van der Waals surface area contributed by atoms with Crippen molar-refractivity contribution in [3.05, 3.63) is 23.8 Å². The molecule has 0 bridgehead atoms. The van der Waals surface area contributed by atoms with Crippen molar-refractivity contribution in [2.24, 2.45) is 5.16 Å². The van der Waals surface area contributed by atoms with E-state index in [1.54, 1.807) is 0 Å². The number of nitrogens with one attached hydrogen (secondary N) is 1. The number of hydrogen-bond donors (Lipinski definition) is 1. The fourth-order valence-electron chi connectivity index (χ4n) is 1.91. The maximum atomic E-state index is 12.2. The number of benzene rings is 1. The van der Waals surface area contributed by atoms with Crippen LogP contribution < -0.4 is 14.8 Å². The molecule has 0 fully saturated rings. The van der Waals surface area contributed by atoms with Gasteiger partial charge in [0.15, 0.2) is 18.1 Å². The quantitative estimate of drug-likeness (QED) is 0.523. The standard InChI is InChI=1S/C16H22F2N2O4/c1-4-12(5-2)20-15(21)10-23-19-9-11-6-7-13(24-16(17)18)14(8-11)22-3/h6-9,12,16H,4-5,10H2,1-3H3,(H,20,21)/b19-9-. The predicted octanol–water partition coefficient (Wildman–Crippen LogP) is 2.95. The van der Waals surface area contributed by atoms with Crippen LogP contribution in [-0.2, 0) is 9.63 Å². The molecule has 1 rings (SSSR count). The normalized spacial score (nSPS) is 11.1. The van der Waals surface area contributed by atoms with E-state index in [0.717, 1.165) is 12.8 Å². The van der Waals surface area contributed by atoms with E-state index in [-0.39, 0.29) is 30.1 Å². The highest BCUT2D eigenvalue weighted by atomic mass is 19.3. The Morgan fingerprint density at radius 3 is 2.58 bits per heavy atom. The Hall–Kier alpha value is -2.38. The monoisotopic (exact) mass is 344 g/mol. The molecule has 6 nitrogen and oxygen atoms in total. The fourth-order valence-corrected chi connectivity index (χ4v) is 1.91. The number of amides is 1. The minimum atomic E-state index is -2.93. The summed E-state index contributed by atoms with van der Waals surface area (Å²) in [7, 11) is 1.34. The lowest BCUT2D eigenvalue weighted by molar-refractivity contribution is -0.126. The van der Waals surface area contributed by atoms with Crippen LogP contribution in [0.15, 0.2) is 23.4 Å². The molecule has 0 saturated heterocycles. The Morgan fingerprint density at radius 1 is 1.29 bits per heavy atom. The van der Waals surface area contributed by atoms with E-state index in [1.165, 1.54) is 31.5 Å². The van der Waals surface area contributed by atoms with Crippen molar-refractivity contribution >= 4 is 12.1 Å². The smallest absolute Gasteiger partial charge is 0.387 e. The van der Waals surface area contributed by atoms with E-state index in [4.69, 9.17) is 9.57 Å². The molecule has 0 saturated carbocycles. The van der Waals surface area contributed by atoms with Gasteiger partial charge in [0.2, 0.25) is 0 Å². The second-order valence-electron chi connectivity index (χ2n) is 4.88. The van der Waals surface area contributed by atoms with Crippen molar-refractivity contribution in [1.82, 2.24) is 5.32 Å². The molecule has 0 radical (unpaired) electrons. The highest BCUT2D eigenvalue weighted by molar-refractivity contribution is 5.81. The molecule has 1 aromatic rings. The molecule has 0 spiro atoms. The zero-order chi connectivity index (χ0) is 17.9. The number of ether oxygens (including phenoxy) is 2. The number of hydrogen-bond acceptors (Lipinski definition) is 5. The van der Waals surface area contributed by atoms with Crippen LogP contribution in [0.1, 0.15) is 32.3 Å². The van der Waals surface area contributed by atoms with Crippen molar-refractivity contribution in [3.63, 3.8) is 0 Å². The van der Waals surface area contributed by atoms with Gasteiger partial charge in [0.05, 0.1) is 13.3 Å². The second-order valence-corrected chi connectivity index (χ2v) is 4.88. The number of carbonyl (C=O) groups excluding carboxylic acids is 1. The van der Waals surface area contributed by atoms with Crippen LogP contribution >= 0.6 is 0 Å². The molecule has 24 heavy (non-hydrogen) atoms. The lowest BCUT2D eigenvalue weighted by Crippen LogP contribution is -2.36. The summed E-state index contributed by atoms with van der Waals surface area (Å²) in [6, 6.07) is 4.44. The second kappa shape index (κ2) is 10.4. The van der Waals surface area contributed by atoms with Gasteiger partial charge in [-0.3, -0.25) is 4.79 Å². The van der Waals surface area contributed by atoms with Gasteiger partial charge in [-0.1, -0.05) is 19.0 Å². The van der Waals surface area contributed by atoms with Gasteiger partial charge in [-0.15, -0.1) is 0 Å². The highest BCUT2D eigenvalue weighted by Crippen LogP contribution is 2.28. The first-order valence-corrected chi connectivity index (χ1v) is 7.57. The largest absolute Gasteiger partial charge is 0.493 e. The molecule has 0 atom stereocenters. The van der Waals surface area contributed by atoms with Crippen molar-refractivity contribution in [2.75, 3.05) is 13.7 Å². The van der Waals surface area contributed by atoms with Crippen LogP contribution in [0.5, 0.6) is 11.5 Å². The van der Waals surface area contributed by atoms with Crippen LogP contribution in [0.4, 0.5) is 8.78 Å². The maximum absolute atomic E-state index is 12.2. The Bertz CT molecular complexity index is 549. The first-order chi connectivity index (χ1) is 11.5. The van der Waals surface area contributed by atoms with Gasteiger partial charge in [-0.05, 0) is 31.0 Å². The Morgan fingerprint density at radius 2 is 2.00 bits per heavy atom. The number of rotatable bonds is 10. The van der Waals surface area contributed by atoms with Crippen LogP contribution in [-0.4, -0.2) is 38.5 Å². The van der Waals surface area contributed by atoms with Crippen molar-refractivity contribution in [3.8, 4) is 11.5 Å². The molecule has 0 aromatic heterocycles. The lowest BCUT2D eigenvalue weighted by Gasteiger charge is -2.13. The van der Waals surface area contributed by atoms with Crippen molar-refractivity contribution < 1.29 is 27.9 Å². The first kappa shape index (κ1) is 19.7. The molecule has 0 unspecified atom stereocenters. The topological polar surface area (TPSA) is 69.2 Å². The Labute approximate surface area is 139 Å². The van der Waals surface area contributed by atoms with Gasteiger partial charge in [0, 0.05) is 11.6 Å². The zero-order valence-electron chi connectivity index (χ0n) is 13.9. The number of alkyl halides is 2. The third kappa shape index (κ3) is 6.80. The maximum Gasteiger partial charge on any atom is 0.387 e. The van der Waals surface area contributed by atoms with Crippen LogP contribution in [0.25, 0.3) is 0 Å². The summed E-state index contributed by atoms with van der Waals surface area (Å²) in [5.74, 6) is -0.181. The summed E-state index contributed by atoms with van der Waals surface area (Å²) in [6.07, 6.45) is 3.04. The van der Waals surface area contributed by atoms with Gasteiger partial charge < -0.3 is 19.6 Å². The molecule has 1 aromatic carbocycles. The van der Waals surface area contributed by atoms with Gasteiger partial charge in [-0.25, -0.2) is 0 Å². The number of oxime groups is 1. The molecular weight excluding hydrogens is 322 g/mol. The summed E-state index contributed by atoms with van der Waals surface area (Å²) in [5, 5.41) is 6.49. The minimum absolute atomic E-state index is 0.0740.